The van der Waals surface area contributed by atoms with Crippen LogP contribution in [0.4, 0.5) is 5.82 Å². The predicted octanol–water partition coefficient (Wildman–Crippen LogP) is 2.38. The maximum Gasteiger partial charge on any atom is 0.310 e. The van der Waals surface area contributed by atoms with Gasteiger partial charge in [-0.2, -0.15) is 14.6 Å². The van der Waals surface area contributed by atoms with E-state index < -0.39 is 0 Å². The third-order valence-corrected chi connectivity index (χ3v) is 6.13. The normalized spacial score (nSPS) is 15.0. The molecular formula is C24H30N6O3. The standard InChI is InChI=1S/C24H30N6O3/c1-4-19(18-9-7-6-8-10-18)23(32)29-13-11-28(12-14-29)22-20(15-21(31)33-5-2)17(3)27-24-25-16-26-30(22)24/h6-10,16,19H,4-5,11-15H2,1-3H3. The van der Waals surface area contributed by atoms with Gasteiger partial charge in [0.05, 0.1) is 18.9 Å². The van der Waals surface area contributed by atoms with Crippen LogP contribution in [0.3, 0.4) is 0 Å². The van der Waals surface area contributed by atoms with Gasteiger partial charge in [-0.1, -0.05) is 37.3 Å². The number of aromatic nitrogens is 4. The number of aryl methyl sites for hydroxylation is 1. The Balaban J connectivity index is 1.56. The number of rotatable bonds is 7. The lowest BCUT2D eigenvalue weighted by atomic mass is 9.95. The number of piperazine rings is 1. The van der Waals surface area contributed by atoms with E-state index in [1.807, 2.05) is 42.2 Å². The molecule has 1 unspecified atom stereocenters. The number of esters is 1. The monoisotopic (exact) mass is 450 g/mol. The Hall–Kier alpha value is -3.49. The number of fused-ring (bicyclic) bond motifs is 1. The van der Waals surface area contributed by atoms with Crippen molar-refractivity contribution < 1.29 is 14.3 Å². The molecule has 1 aromatic carbocycles. The fraction of sp³-hybridized carbons (Fsp3) is 0.458. The summed E-state index contributed by atoms with van der Waals surface area (Å²) < 4.78 is 6.86. The van der Waals surface area contributed by atoms with Crippen LogP contribution in [0.2, 0.25) is 0 Å². The first-order chi connectivity index (χ1) is 16.0. The number of carbonyl (C=O) groups is 2. The van der Waals surface area contributed by atoms with Crippen LogP contribution in [0.1, 0.15) is 43.0 Å². The first kappa shape index (κ1) is 22.7. The molecule has 0 N–H and O–H groups in total. The topological polar surface area (TPSA) is 92.9 Å². The van der Waals surface area contributed by atoms with Crippen molar-refractivity contribution in [3.05, 3.63) is 53.5 Å². The lowest BCUT2D eigenvalue weighted by molar-refractivity contribution is -0.142. The number of benzene rings is 1. The summed E-state index contributed by atoms with van der Waals surface area (Å²) in [6, 6.07) is 9.96. The molecule has 1 fully saturated rings. The predicted molar refractivity (Wildman–Crippen MR) is 124 cm³/mol. The molecule has 0 bridgehead atoms. The van der Waals surface area contributed by atoms with Crippen LogP contribution in [0.25, 0.3) is 5.78 Å². The van der Waals surface area contributed by atoms with Gasteiger partial charge in [-0.05, 0) is 25.8 Å². The average molecular weight is 451 g/mol. The Kier molecular flexibility index (Phi) is 6.86. The van der Waals surface area contributed by atoms with Crippen LogP contribution in [-0.4, -0.2) is 69.1 Å². The number of nitrogens with zero attached hydrogens (tertiary/aromatic N) is 6. The highest BCUT2D eigenvalue weighted by atomic mass is 16.5. The van der Waals surface area contributed by atoms with Crippen LogP contribution in [0, 0.1) is 6.92 Å². The molecule has 1 saturated heterocycles. The van der Waals surface area contributed by atoms with E-state index in [9.17, 15) is 9.59 Å². The second-order valence-corrected chi connectivity index (χ2v) is 8.14. The fourth-order valence-electron chi connectivity index (χ4n) is 4.45. The largest absolute Gasteiger partial charge is 0.466 e. The van der Waals surface area contributed by atoms with Crippen molar-refractivity contribution in [2.24, 2.45) is 0 Å². The molecule has 0 spiro atoms. The minimum absolute atomic E-state index is 0.114. The summed E-state index contributed by atoms with van der Waals surface area (Å²) in [7, 11) is 0. The van der Waals surface area contributed by atoms with Crippen molar-refractivity contribution in [1.29, 1.82) is 0 Å². The molecule has 0 radical (unpaired) electrons. The molecule has 4 rings (SSSR count). The highest BCUT2D eigenvalue weighted by Crippen LogP contribution is 2.27. The Labute approximate surface area is 193 Å². The Morgan fingerprint density at radius 1 is 1.09 bits per heavy atom. The van der Waals surface area contributed by atoms with Crippen LogP contribution in [0.5, 0.6) is 0 Å². The minimum atomic E-state index is -0.300. The van der Waals surface area contributed by atoms with E-state index in [0.29, 0.717) is 38.6 Å². The molecule has 3 heterocycles. The van der Waals surface area contributed by atoms with Gasteiger partial charge < -0.3 is 14.5 Å². The molecule has 1 amide bonds. The summed E-state index contributed by atoms with van der Waals surface area (Å²) in [4.78, 5) is 38.4. The smallest absolute Gasteiger partial charge is 0.310 e. The van der Waals surface area contributed by atoms with Crippen molar-refractivity contribution in [3.63, 3.8) is 0 Å². The van der Waals surface area contributed by atoms with Crippen molar-refractivity contribution >= 4 is 23.5 Å². The Morgan fingerprint density at radius 2 is 1.82 bits per heavy atom. The van der Waals surface area contributed by atoms with Crippen molar-refractivity contribution in [3.8, 4) is 0 Å². The maximum absolute atomic E-state index is 13.3. The van der Waals surface area contributed by atoms with Gasteiger partial charge in [0.1, 0.15) is 12.1 Å². The van der Waals surface area contributed by atoms with E-state index in [4.69, 9.17) is 4.74 Å². The SMILES string of the molecule is CCOC(=O)Cc1c(C)nc2ncnn2c1N1CCN(C(=O)C(CC)c2ccccc2)CC1. The number of ether oxygens (including phenoxy) is 1. The third kappa shape index (κ3) is 4.67. The number of hydrogen-bond donors (Lipinski definition) is 0. The minimum Gasteiger partial charge on any atom is -0.466 e. The molecule has 3 aromatic rings. The van der Waals surface area contributed by atoms with E-state index in [0.717, 1.165) is 29.1 Å². The van der Waals surface area contributed by atoms with Gasteiger partial charge in [0.25, 0.3) is 5.78 Å². The number of hydrogen-bond acceptors (Lipinski definition) is 7. The molecule has 9 heteroatoms. The lowest BCUT2D eigenvalue weighted by Gasteiger charge is -2.38. The van der Waals surface area contributed by atoms with E-state index in [1.54, 1.807) is 11.4 Å². The highest BCUT2D eigenvalue weighted by Gasteiger charge is 2.30. The third-order valence-electron chi connectivity index (χ3n) is 6.13. The molecule has 174 valence electrons. The van der Waals surface area contributed by atoms with Crippen molar-refractivity contribution in [1.82, 2.24) is 24.5 Å². The van der Waals surface area contributed by atoms with E-state index in [1.165, 1.54) is 6.33 Å². The number of carbonyl (C=O) groups excluding carboxylic acids is 2. The summed E-state index contributed by atoms with van der Waals surface area (Å²) >= 11 is 0. The van der Waals surface area contributed by atoms with Crippen LogP contribution in [0.15, 0.2) is 36.7 Å². The molecule has 0 saturated carbocycles. The number of anilines is 1. The molecule has 1 atom stereocenters. The Bertz CT molecular complexity index is 1120. The maximum atomic E-state index is 13.3. The van der Waals surface area contributed by atoms with Gasteiger partial charge >= 0.3 is 5.97 Å². The summed E-state index contributed by atoms with van der Waals surface area (Å²) in [6.07, 6.45) is 2.34. The van der Waals surface area contributed by atoms with Gasteiger partial charge in [-0.3, -0.25) is 9.59 Å². The first-order valence-corrected chi connectivity index (χ1v) is 11.5. The van der Waals surface area contributed by atoms with Crippen LogP contribution in [-0.2, 0) is 20.7 Å². The second kappa shape index (κ2) is 9.97. The summed E-state index contributed by atoms with van der Waals surface area (Å²) in [5, 5.41) is 4.35. The highest BCUT2D eigenvalue weighted by molar-refractivity contribution is 5.84. The fourth-order valence-corrected chi connectivity index (χ4v) is 4.45. The van der Waals surface area contributed by atoms with E-state index in [-0.39, 0.29) is 24.2 Å². The van der Waals surface area contributed by atoms with Crippen LogP contribution < -0.4 is 4.90 Å². The van der Waals surface area contributed by atoms with E-state index in [2.05, 4.69) is 26.9 Å². The molecule has 1 aliphatic rings. The van der Waals surface area contributed by atoms with Crippen LogP contribution >= 0.6 is 0 Å². The molecular weight excluding hydrogens is 420 g/mol. The zero-order valence-corrected chi connectivity index (χ0v) is 19.4. The Morgan fingerprint density at radius 3 is 2.48 bits per heavy atom. The summed E-state index contributed by atoms with van der Waals surface area (Å²) in [5.74, 6) is 1.01. The quantitative estimate of drug-likeness (QED) is 0.510. The van der Waals surface area contributed by atoms with Gasteiger partial charge in [0.2, 0.25) is 5.91 Å². The molecule has 1 aliphatic heterocycles. The zero-order chi connectivity index (χ0) is 23.4. The number of amides is 1. The van der Waals surface area contributed by atoms with Gasteiger partial charge in [-0.15, -0.1) is 0 Å². The summed E-state index contributed by atoms with van der Waals surface area (Å²) in [5.41, 5.74) is 2.56. The lowest BCUT2D eigenvalue weighted by Crippen LogP contribution is -2.50. The van der Waals surface area contributed by atoms with E-state index >= 15 is 0 Å². The zero-order valence-electron chi connectivity index (χ0n) is 19.4. The molecule has 2 aromatic heterocycles. The molecule has 33 heavy (non-hydrogen) atoms. The molecule has 0 aliphatic carbocycles. The van der Waals surface area contributed by atoms with Gasteiger partial charge in [0, 0.05) is 37.4 Å². The van der Waals surface area contributed by atoms with Gasteiger partial charge in [-0.25, -0.2) is 4.98 Å². The first-order valence-electron chi connectivity index (χ1n) is 11.5. The average Bonchev–Trinajstić information content (AvgIpc) is 3.29. The van der Waals surface area contributed by atoms with Crippen molar-refractivity contribution in [2.45, 2.75) is 39.5 Å². The van der Waals surface area contributed by atoms with Gasteiger partial charge in [0.15, 0.2) is 0 Å². The summed E-state index contributed by atoms with van der Waals surface area (Å²) in [6.45, 7) is 8.49. The van der Waals surface area contributed by atoms with Crippen molar-refractivity contribution in [2.75, 3.05) is 37.7 Å². The molecule has 9 nitrogen and oxygen atoms in total. The second-order valence-electron chi connectivity index (χ2n) is 8.14.